The third-order valence-electron chi connectivity index (χ3n) is 3.13. The second-order valence-electron chi connectivity index (χ2n) is 4.78. The molecule has 0 aliphatic rings. The van der Waals surface area contributed by atoms with Crippen molar-refractivity contribution in [1.82, 2.24) is 4.98 Å². The number of rotatable bonds is 4. The van der Waals surface area contributed by atoms with Crippen LogP contribution >= 0.6 is 0 Å². The Morgan fingerprint density at radius 2 is 2.05 bits per heavy atom. The molecule has 0 saturated heterocycles. The van der Waals surface area contributed by atoms with E-state index in [1.165, 1.54) is 12.1 Å². The molecule has 0 aliphatic heterocycles. The first-order valence-electron chi connectivity index (χ1n) is 6.74. The molecule has 2 rings (SSSR count). The predicted octanol–water partition coefficient (Wildman–Crippen LogP) is 0.300. The Labute approximate surface area is 127 Å². The van der Waals surface area contributed by atoms with Gasteiger partial charge in [0.15, 0.2) is 0 Å². The molecule has 0 fully saturated rings. The number of benzene rings is 1. The SMILES string of the molecule is CCOc1cc(B(O)O)cc(-c2cc(C)[nH]c(=O)c2C#N)c1. The van der Waals surface area contributed by atoms with E-state index in [0.717, 1.165) is 0 Å². The molecule has 0 amide bonds. The number of aromatic amines is 1. The van der Waals surface area contributed by atoms with Crippen LogP contribution in [0.5, 0.6) is 5.75 Å². The van der Waals surface area contributed by atoms with Crippen molar-refractivity contribution in [2.75, 3.05) is 6.61 Å². The normalized spacial score (nSPS) is 10.1. The van der Waals surface area contributed by atoms with E-state index in [1.54, 1.807) is 26.0 Å². The van der Waals surface area contributed by atoms with Crippen LogP contribution in [0.2, 0.25) is 0 Å². The van der Waals surface area contributed by atoms with Gasteiger partial charge in [0.25, 0.3) is 5.56 Å². The number of H-pyrrole nitrogens is 1. The molecule has 7 heteroatoms. The molecule has 6 nitrogen and oxygen atoms in total. The van der Waals surface area contributed by atoms with Gasteiger partial charge in [-0.15, -0.1) is 0 Å². The third kappa shape index (κ3) is 3.19. The average Bonchev–Trinajstić information content (AvgIpc) is 2.46. The highest BCUT2D eigenvalue weighted by molar-refractivity contribution is 6.58. The van der Waals surface area contributed by atoms with Gasteiger partial charge in [0.05, 0.1) is 6.61 Å². The largest absolute Gasteiger partial charge is 0.494 e. The number of nitrogens with zero attached hydrogens (tertiary/aromatic N) is 1. The Morgan fingerprint density at radius 1 is 1.32 bits per heavy atom. The number of nitriles is 1. The van der Waals surface area contributed by atoms with E-state index in [0.29, 0.717) is 29.2 Å². The summed E-state index contributed by atoms with van der Waals surface area (Å²) in [6.45, 7) is 3.92. The minimum Gasteiger partial charge on any atom is -0.494 e. The molecule has 0 aliphatic carbocycles. The average molecular weight is 298 g/mol. The molecule has 22 heavy (non-hydrogen) atoms. The topological polar surface area (TPSA) is 106 Å². The van der Waals surface area contributed by atoms with Crippen molar-refractivity contribution in [1.29, 1.82) is 5.26 Å². The first-order valence-corrected chi connectivity index (χ1v) is 6.74. The standard InChI is InChI=1S/C15H15BN2O4/c1-3-22-12-6-10(5-11(7-12)16(20)21)13-4-9(2)18-15(19)14(13)8-17/h4-7,20-21H,3H2,1-2H3,(H,18,19). The summed E-state index contributed by atoms with van der Waals surface area (Å²) in [5, 5.41) is 28.0. The Bertz CT molecular complexity index is 793. The highest BCUT2D eigenvalue weighted by atomic mass is 16.5. The van der Waals surface area contributed by atoms with Crippen LogP contribution in [0, 0.1) is 18.3 Å². The smallest absolute Gasteiger partial charge is 0.488 e. The summed E-state index contributed by atoms with van der Waals surface area (Å²) in [7, 11) is -1.67. The van der Waals surface area contributed by atoms with Gasteiger partial charge >= 0.3 is 7.12 Å². The summed E-state index contributed by atoms with van der Waals surface area (Å²) in [6.07, 6.45) is 0. The fraction of sp³-hybridized carbons (Fsp3) is 0.200. The van der Waals surface area contributed by atoms with E-state index < -0.39 is 12.7 Å². The quantitative estimate of drug-likeness (QED) is 0.704. The number of hydrogen-bond acceptors (Lipinski definition) is 5. The van der Waals surface area contributed by atoms with E-state index in [9.17, 15) is 20.1 Å². The van der Waals surface area contributed by atoms with Crippen LogP contribution in [0.25, 0.3) is 11.1 Å². The second-order valence-corrected chi connectivity index (χ2v) is 4.78. The van der Waals surface area contributed by atoms with E-state index in [1.807, 2.05) is 6.07 Å². The molecule has 0 bridgehead atoms. The van der Waals surface area contributed by atoms with Crippen molar-refractivity contribution < 1.29 is 14.8 Å². The van der Waals surface area contributed by atoms with Gasteiger partial charge in [0, 0.05) is 11.3 Å². The monoisotopic (exact) mass is 298 g/mol. The summed E-state index contributed by atoms with van der Waals surface area (Å²) < 4.78 is 5.40. The molecule has 0 radical (unpaired) electrons. The Kier molecular flexibility index (Phi) is 4.66. The number of hydrogen-bond donors (Lipinski definition) is 3. The maximum atomic E-state index is 11.9. The van der Waals surface area contributed by atoms with Crippen molar-refractivity contribution in [3.63, 3.8) is 0 Å². The molecule has 0 atom stereocenters. The fourth-order valence-electron chi connectivity index (χ4n) is 2.20. The Morgan fingerprint density at radius 3 is 2.64 bits per heavy atom. The van der Waals surface area contributed by atoms with Crippen LogP contribution < -0.4 is 15.8 Å². The molecular weight excluding hydrogens is 283 g/mol. The highest BCUT2D eigenvalue weighted by Gasteiger charge is 2.17. The zero-order chi connectivity index (χ0) is 16.3. The van der Waals surface area contributed by atoms with Crippen LogP contribution in [0.15, 0.2) is 29.1 Å². The number of aromatic nitrogens is 1. The lowest BCUT2D eigenvalue weighted by Gasteiger charge is -2.11. The van der Waals surface area contributed by atoms with Crippen LogP contribution in [-0.2, 0) is 0 Å². The zero-order valence-corrected chi connectivity index (χ0v) is 12.3. The molecule has 1 heterocycles. The van der Waals surface area contributed by atoms with Gasteiger partial charge < -0.3 is 19.8 Å². The van der Waals surface area contributed by atoms with Gasteiger partial charge in [-0.05, 0) is 43.1 Å². The van der Waals surface area contributed by atoms with Crippen molar-refractivity contribution in [3.05, 3.63) is 45.9 Å². The lowest BCUT2D eigenvalue weighted by molar-refractivity contribution is 0.340. The summed E-state index contributed by atoms with van der Waals surface area (Å²) in [4.78, 5) is 14.5. The minimum absolute atomic E-state index is 0.0300. The lowest BCUT2D eigenvalue weighted by Crippen LogP contribution is -2.30. The van der Waals surface area contributed by atoms with E-state index >= 15 is 0 Å². The van der Waals surface area contributed by atoms with E-state index in [2.05, 4.69) is 4.98 Å². The first kappa shape index (κ1) is 15.8. The number of aryl methyl sites for hydroxylation is 1. The molecule has 2 aromatic rings. The lowest BCUT2D eigenvalue weighted by atomic mass is 9.78. The number of ether oxygens (including phenoxy) is 1. The van der Waals surface area contributed by atoms with Crippen LogP contribution in [0.3, 0.4) is 0 Å². The maximum Gasteiger partial charge on any atom is 0.488 e. The number of nitrogens with one attached hydrogen (secondary N) is 1. The van der Waals surface area contributed by atoms with Gasteiger partial charge in [-0.2, -0.15) is 5.26 Å². The molecule has 0 saturated carbocycles. The number of pyridine rings is 1. The summed E-state index contributed by atoms with van der Waals surface area (Å²) in [5.74, 6) is 0.435. The summed E-state index contributed by atoms with van der Waals surface area (Å²) >= 11 is 0. The predicted molar refractivity (Wildman–Crippen MR) is 82.9 cm³/mol. The van der Waals surface area contributed by atoms with Crippen LogP contribution in [0.1, 0.15) is 18.2 Å². The van der Waals surface area contributed by atoms with Crippen LogP contribution in [0.4, 0.5) is 0 Å². The first-order chi connectivity index (χ1) is 10.5. The molecule has 112 valence electrons. The molecule has 0 spiro atoms. The molecule has 0 unspecified atom stereocenters. The molecule has 1 aromatic carbocycles. The fourth-order valence-corrected chi connectivity index (χ4v) is 2.20. The third-order valence-corrected chi connectivity index (χ3v) is 3.13. The Balaban J connectivity index is 2.72. The molecule has 1 aromatic heterocycles. The van der Waals surface area contributed by atoms with Crippen LogP contribution in [-0.4, -0.2) is 28.8 Å². The van der Waals surface area contributed by atoms with Crippen molar-refractivity contribution >= 4 is 12.6 Å². The van der Waals surface area contributed by atoms with Crippen molar-refractivity contribution in [2.24, 2.45) is 0 Å². The summed E-state index contributed by atoms with van der Waals surface area (Å²) in [6, 6.07) is 8.22. The van der Waals surface area contributed by atoms with Gasteiger partial charge in [-0.1, -0.05) is 6.07 Å². The van der Waals surface area contributed by atoms with Crippen molar-refractivity contribution in [3.8, 4) is 22.9 Å². The molecule has 3 N–H and O–H groups in total. The van der Waals surface area contributed by atoms with Gasteiger partial charge in [0.1, 0.15) is 17.4 Å². The minimum atomic E-state index is -1.67. The van der Waals surface area contributed by atoms with Gasteiger partial charge in [-0.25, -0.2) is 0 Å². The van der Waals surface area contributed by atoms with Gasteiger partial charge in [0.2, 0.25) is 0 Å². The summed E-state index contributed by atoms with van der Waals surface area (Å²) in [5.41, 5.74) is 1.25. The maximum absolute atomic E-state index is 11.9. The second kappa shape index (κ2) is 6.47. The van der Waals surface area contributed by atoms with E-state index in [4.69, 9.17) is 4.74 Å². The Hall–Kier alpha value is -2.56. The molecular formula is C15H15BN2O4. The van der Waals surface area contributed by atoms with E-state index in [-0.39, 0.29) is 11.0 Å². The van der Waals surface area contributed by atoms with Crippen molar-refractivity contribution in [2.45, 2.75) is 13.8 Å². The zero-order valence-electron chi connectivity index (χ0n) is 12.3. The van der Waals surface area contributed by atoms with Gasteiger partial charge in [-0.3, -0.25) is 4.79 Å². The highest BCUT2D eigenvalue weighted by Crippen LogP contribution is 2.25.